The van der Waals surface area contributed by atoms with Gasteiger partial charge in [0.2, 0.25) is 5.91 Å². The van der Waals surface area contributed by atoms with Crippen molar-refractivity contribution in [3.63, 3.8) is 0 Å². The van der Waals surface area contributed by atoms with Crippen molar-refractivity contribution >= 4 is 39.0 Å². The molecule has 1 aromatic carbocycles. The molecule has 5 nitrogen and oxygen atoms in total. The first kappa shape index (κ1) is 21.4. The van der Waals surface area contributed by atoms with Crippen molar-refractivity contribution in [3.8, 4) is 0 Å². The molecule has 1 aliphatic heterocycles. The predicted octanol–water partition coefficient (Wildman–Crippen LogP) is 6.12. The van der Waals surface area contributed by atoms with E-state index in [0.717, 1.165) is 60.1 Å². The van der Waals surface area contributed by atoms with E-state index in [1.807, 2.05) is 25.1 Å². The Morgan fingerprint density at radius 3 is 2.56 bits per heavy atom. The number of hydrogen-bond acceptors (Lipinski definition) is 5. The summed E-state index contributed by atoms with van der Waals surface area (Å²) in [7, 11) is 0. The Hall–Kier alpha value is -2.47. The highest BCUT2D eigenvalue weighted by molar-refractivity contribution is 7.18. The van der Waals surface area contributed by atoms with E-state index < -0.39 is 0 Å². The van der Waals surface area contributed by atoms with Gasteiger partial charge in [0.15, 0.2) is 0 Å². The number of anilines is 2. The van der Waals surface area contributed by atoms with Crippen molar-refractivity contribution < 1.29 is 4.79 Å². The number of fused-ring (bicyclic) bond motifs is 1. The number of aryl methyl sites for hydroxylation is 1. The molecule has 0 unspecified atom stereocenters. The van der Waals surface area contributed by atoms with Gasteiger partial charge in [0.05, 0.1) is 26.6 Å². The second kappa shape index (κ2) is 9.18. The van der Waals surface area contributed by atoms with Crippen LogP contribution in [0.25, 0.3) is 10.2 Å². The minimum Gasteiger partial charge on any atom is -0.357 e. The molecule has 168 valence electrons. The third-order valence-electron chi connectivity index (χ3n) is 7.09. The molecule has 5 rings (SSSR count). The third-order valence-corrected chi connectivity index (χ3v) is 8.13. The summed E-state index contributed by atoms with van der Waals surface area (Å²) in [4.78, 5) is 25.1. The highest BCUT2D eigenvalue weighted by Crippen LogP contribution is 2.43. The van der Waals surface area contributed by atoms with Gasteiger partial charge in [-0.15, -0.1) is 11.3 Å². The molecule has 32 heavy (non-hydrogen) atoms. The minimum absolute atomic E-state index is 0.00698. The number of carbonyl (C=O) groups excluding carboxylic acids is 1. The van der Waals surface area contributed by atoms with Crippen LogP contribution >= 0.6 is 11.3 Å². The molecule has 3 aromatic rings. The Kier molecular flexibility index (Phi) is 6.13. The quantitative estimate of drug-likeness (QED) is 0.493. The van der Waals surface area contributed by atoms with E-state index in [2.05, 4.69) is 28.4 Å². The molecule has 1 amide bonds. The van der Waals surface area contributed by atoms with Crippen molar-refractivity contribution in [3.05, 3.63) is 47.1 Å². The van der Waals surface area contributed by atoms with Gasteiger partial charge in [0.25, 0.3) is 0 Å². The lowest BCUT2D eigenvalue weighted by atomic mass is 9.69. The van der Waals surface area contributed by atoms with Crippen LogP contribution in [0.15, 0.2) is 36.4 Å². The average molecular weight is 449 g/mol. The Balaban J connectivity index is 1.30. The second-order valence-electron chi connectivity index (χ2n) is 9.53. The number of benzene rings is 1. The fourth-order valence-electron chi connectivity index (χ4n) is 5.37. The highest BCUT2D eigenvalue weighted by Gasteiger charge is 2.35. The minimum atomic E-state index is 0.00698. The number of pyridine rings is 1. The molecule has 2 fully saturated rings. The molecule has 0 atom stereocenters. The molecular weight excluding hydrogens is 416 g/mol. The maximum atomic E-state index is 13.2. The molecule has 2 aromatic heterocycles. The molecule has 0 bridgehead atoms. The summed E-state index contributed by atoms with van der Waals surface area (Å²) in [5.74, 6) is 1.13. The van der Waals surface area contributed by atoms with Gasteiger partial charge >= 0.3 is 0 Å². The zero-order valence-corrected chi connectivity index (χ0v) is 19.7. The summed E-state index contributed by atoms with van der Waals surface area (Å²) in [6.45, 7) is 4.14. The first-order valence-corrected chi connectivity index (χ1v) is 12.8. The van der Waals surface area contributed by atoms with E-state index in [1.165, 1.54) is 36.8 Å². The van der Waals surface area contributed by atoms with Crippen molar-refractivity contribution in [1.82, 2.24) is 9.97 Å². The maximum Gasteiger partial charge on any atom is 0.224 e. The van der Waals surface area contributed by atoms with Crippen LogP contribution in [0.4, 0.5) is 11.5 Å². The lowest BCUT2D eigenvalue weighted by molar-refractivity contribution is -0.119. The summed E-state index contributed by atoms with van der Waals surface area (Å²) < 4.78 is 1.23. The molecule has 0 radical (unpaired) electrons. The summed E-state index contributed by atoms with van der Waals surface area (Å²) in [6, 6.07) is 12.4. The molecule has 1 saturated heterocycles. The van der Waals surface area contributed by atoms with E-state index in [1.54, 1.807) is 11.3 Å². The van der Waals surface area contributed by atoms with Crippen LogP contribution in [0.5, 0.6) is 0 Å². The molecule has 6 heteroatoms. The lowest BCUT2D eigenvalue weighted by Crippen LogP contribution is -2.32. The van der Waals surface area contributed by atoms with Gasteiger partial charge in [0.1, 0.15) is 5.82 Å². The summed E-state index contributed by atoms with van der Waals surface area (Å²) in [5, 5.41) is 4.34. The smallest absolute Gasteiger partial charge is 0.224 e. The number of rotatable bonds is 6. The maximum absolute atomic E-state index is 13.2. The van der Waals surface area contributed by atoms with Gasteiger partial charge in [-0.25, -0.2) is 9.97 Å². The van der Waals surface area contributed by atoms with Crippen molar-refractivity contribution in [2.24, 2.45) is 5.41 Å². The number of nitrogens with zero attached hydrogens (tertiary/aromatic N) is 3. The van der Waals surface area contributed by atoms with Gasteiger partial charge in [-0.2, -0.15) is 0 Å². The van der Waals surface area contributed by atoms with Gasteiger partial charge in [-0.1, -0.05) is 31.4 Å². The van der Waals surface area contributed by atoms with Gasteiger partial charge in [-0.05, 0) is 62.3 Å². The van der Waals surface area contributed by atoms with E-state index in [-0.39, 0.29) is 11.3 Å². The van der Waals surface area contributed by atoms with Crippen LogP contribution in [0.3, 0.4) is 0 Å². The highest BCUT2D eigenvalue weighted by atomic mass is 32.1. The molecular formula is C26H32N4OS. The normalized spacial score (nSPS) is 18.2. The average Bonchev–Trinajstić information content (AvgIpc) is 3.45. The van der Waals surface area contributed by atoms with E-state index in [9.17, 15) is 4.79 Å². The zero-order chi connectivity index (χ0) is 22.0. The van der Waals surface area contributed by atoms with Crippen molar-refractivity contribution in [2.75, 3.05) is 23.3 Å². The number of hydrogen-bond donors (Lipinski definition) is 1. The number of nitrogens with one attached hydrogen (secondary N) is 1. The van der Waals surface area contributed by atoms with Crippen LogP contribution in [0.2, 0.25) is 0 Å². The summed E-state index contributed by atoms with van der Waals surface area (Å²) in [6.07, 6.45) is 9.77. The number of para-hydroxylation sites is 1. The van der Waals surface area contributed by atoms with Crippen LogP contribution in [0.1, 0.15) is 62.1 Å². The predicted molar refractivity (Wildman–Crippen MR) is 133 cm³/mol. The van der Waals surface area contributed by atoms with E-state index in [0.29, 0.717) is 6.42 Å². The van der Waals surface area contributed by atoms with Crippen LogP contribution < -0.4 is 10.2 Å². The Bertz CT molecular complexity index is 1060. The number of carbonyl (C=O) groups is 1. The summed E-state index contributed by atoms with van der Waals surface area (Å²) in [5.41, 5.74) is 2.81. The van der Waals surface area contributed by atoms with Crippen LogP contribution in [-0.2, 0) is 11.2 Å². The molecule has 1 N–H and O–H groups in total. The first-order chi connectivity index (χ1) is 15.6. The molecule has 1 aliphatic carbocycles. The van der Waals surface area contributed by atoms with Gasteiger partial charge < -0.3 is 10.2 Å². The number of amides is 1. The molecule has 3 heterocycles. The fraction of sp³-hybridized carbons (Fsp3) is 0.500. The Labute approximate surface area is 194 Å². The standard InChI is InChI=1S/C26H32N4OS/c1-19-20(11-12-23(27-19)30-15-7-8-16-30)28-24(31)17-26(13-5-2-6-14-26)18-25-29-21-9-3-4-10-22(21)32-25/h3-4,9-12H,2,5-8,13-18H2,1H3,(H,28,31). The van der Waals surface area contributed by atoms with Gasteiger partial charge in [-0.3, -0.25) is 4.79 Å². The van der Waals surface area contributed by atoms with Crippen LogP contribution in [0, 0.1) is 12.3 Å². The number of thiazole rings is 1. The first-order valence-electron chi connectivity index (χ1n) is 12.0. The largest absolute Gasteiger partial charge is 0.357 e. The Morgan fingerprint density at radius 2 is 1.81 bits per heavy atom. The van der Waals surface area contributed by atoms with E-state index >= 15 is 0 Å². The van der Waals surface area contributed by atoms with E-state index in [4.69, 9.17) is 9.97 Å². The fourth-order valence-corrected chi connectivity index (χ4v) is 6.51. The third kappa shape index (κ3) is 4.65. The molecule has 0 spiro atoms. The topological polar surface area (TPSA) is 58.1 Å². The SMILES string of the molecule is Cc1nc(N2CCCC2)ccc1NC(=O)CC1(Cc2nc3ccccc3s2)CCCCC1. The zero-order valence-electron chi connectivity index (χ0n) is 18.9. The lowest BCUT2D eigenvalue weighted by Gasteiger charge is -2.36. The Morgan fingerprint density at radius 1 is 1.03 bits per heavy atom. The molecule has 1 saturated carbocycles. The van der Waals surface area contributed by atoms with Crippen LogP contribution in [-0.4, -0.2) is 29.0 Å². The van der Waals surface area contributed by atoms with Gasteiger partial charge in [0, 0.05) is 25.9 Å². The summed E-state index contributed by atoms with van der Waals surface area (Å²) >= 11 is 1.78. The molecule has 2 aliphatic rings. The number of aromatic nitrogens is 2. The van der Waals surface area contributed by atoms with Crippen molar-refractivity contribution in [2.45, 2.75) is 64.7 Å². The second-order valence-corrected chi connectivity index (χ2v) is 10.6. The van der Waals surface area contributed by atoms with Crippen molar-refractivity contribution in [1.29, 1.82) is 0 Å². The monoisotopic (exact) mass is 448 g/mol.